The van der Waals surface area contributed by atoms with Gasteiger partial charge in [0.25, 0.3) is 0 Å². The Morgan fingerprint density at radius 3 is 2.86 bits per heavy atom. The molecule has 2 aromatic rings. The number of aromatic nitrogens is 2. The molecule has 0 unspecified atom stereocenters. The van der Waals surface area contributed by atoms with Gasteiger partial charge in [0.1, 0.15) is 0 Å². The van der Waals surface area contributed by atoms with Crippen LogP contribution in [0, 0.1) is 0 Å². The highest BCUT2D eigenvalue weighted by Gasteiger charge is 2.46. The molecule has 148 valence electrons. The maximum atomic E-state index is 12.9. The van der Waals surface area contributed by atoms with Crippen LogP contribution < -0.4 is 9.47 Å². The number of ether oxygens (including phenoxy) is 2. The Kier molecular flexibility index (Phi) is 4.27. The van der Waals surface area contributed by atoms with Gasteiger partial charge in [-0.1, -0.05) is 13.0 Å². The number of amides is 1. The number of likely N-dealkylation sites (N-methyl/N-ethyl adjacent to an activating group) is 1. The molecule has 3 aliphatic heterocycles. The van der Waals surface area contributed by atoms with E-state index in [-0.39, 0.29) is 18.2 Å². The van der Waals surface area contributed by atoms with Crippen LogP contribution in [0.5, 0.6) is 11.5 Å². The van der Waals surface area contributed by atoms with Crippen molar-refractivity contribution in [2.45, 2.75) is 38.1 Å². The number of rotatable bonds is 3. The van der Waals surface area contributed by atoms with Crippen LogP contribution in [0.15, 0.2) is 24.5 Å². The topological polar surface area (TPSA) is 70.7 Å². The zero-order chi connectivity index (χ0) is 19.1. The summed E-state index contributed by atoms with van der Waals surface area (Å²) in [6.45, 7) is 6.08. The van der Waals surface area contributed by atoms with Gasteiger partial charge in [-0.15, -0.1) is 0 Å². The number of nitrogens with one attached hydrogen (secondary N) is 1. The van der Waals surface area contributed by atoms with Crippen molar-refractivity contribution in [3.05, 3.63) is 41.5 Å². The number of hydrogen-bond donors (Lipinski definition) is 1. The minimum absolute atomic E-state index is 0.0299. The van der Waals surface area contributed by atoms with E-state index in [2.05, 4.69) is 21.8 Å². The summed E-state index contributed by atoms with van der Waals surface area (Å²) in [5, 5.41) is 0. The molecule has 0 saturated carbocycles. The van der Waals surface area contributed by atoms with E-state index in [0.29, 0.717) is 6.42 Å². The Morgan fingerprint density at radius 2 is 2.04 bits per heavy atom. The highest BCUT2D eigenvalue weighted by Crippen LogP contribution is 2.42. The molecule has 3 aliphatic rings. The third kappa shape index (κ3) is 2.76. The van der Waals surface area contributed by atoms with Crippen LogP contribution in [0.3, 0.4) is 0 Å². The first-order chi connectivity index (χ1) is 13.7. The number of imidazole rings is 1. The summed E-state index contributed by atoms with van der Waals surface area (Å²) in [6, 6.07) is 5.75. The van der Waals surface area contributed by atoms with E-state index in [0.717, 1.165) is 62.5 Å². The molecule has 4 heterocycles. The number of likely N-dealkylation sites (tertiary alicyclic amines) is 1. The van der Waals surface area contributed by atoms with Crippen molar-refractivity contribution >= 4 is 5.91 Å². The largest absolute Gasteiger partial charge is 0.454 e. The predicted octanol–water partition coefficient (Wildman–Crippen LogP) is 2.08. The number of carbonyl (C=O) groups excluding carboxylic acids is 1. The Bertz CT molecular complexity index is 886. The molecular formula is C21H26N4O3. The molecule has 7 heteroatoms. The van der Waals surface area contributed by atoms with Gasteiger partial charge in [-0.3, -0.25) is 9.69 Å². The van der Waals surface area contributed by atoms with Crippen molar-refractivity contribution in [3.8, 4) is 11.5 Å². The van der Waals surface area contributed by atoms with Crippen LogP contribution in [-0.2, 0) is 23.2 Å². The molecule has 0 radical (unpaired) electrons. The highest BCUT2D eigenvalue weighted by atomic mass is 16.7. The lowest BCUT2D eigenvalue weighted by molar-refractivity contribution is -0.133. The summed E-state index contributed by atoms with van der Waals surface area (Å²) in [5.74, 6) is 1.66. The maximum absolute atomic E-state index is 12.9. The molecule has 7 nitrogen and oxygen atoms in total. The SMILES string of the molecule is CCN1CCc2[nH]cnc2C12CCN(C(=O)Cc1ccc3c(c1)OCO3)CC2. The van der Waals surface area contributed by atoms with Crippen molar-refractivity contribution in [2.24, 2.45) is 0 Å². The molecule has 0 atom stereocenters. The van der Waals surface area contributed by atoms with Gasteiger partial charge in [0, 0.05) is 31.7 Å². The summed E-state index contributed by atoms with van der Waals surface area (Å²) >= 11 is 0. The Hall–Kier alpha value is -2.54. The third-order valence-electron chi connectivity index (χ3n) is 6.51. The van der Waals surface area contributed by atoms with E-state index in [4.69, 9.17) is 9.47 Å². The van der Waals surface area contributed by atoms with Crippen LogP contribution in [-0.4, -0.2) is 58.6 Å². The number of benzene rings is 1. The van der Waals surface area contributed by atoms with E-state index in [1.54, 1.807) is 0 Å². The van der Waals surface area contributed by atoms with Gasteiger partial charge in [-0.2, -0.15) is 0 Å². The van der Waals surface area contributed by atoms with Crippen LogP contribution in [0.25, 0.3) is 0 Å². The van der Waals surface area contributed by atoms with E-state index >= 15 is 0 Å². The fourth-order valence-electron chi connectivity index (χ4n) is 5.00. The van der Waals surface area contributed by atoms with Gasteiger partial charge in [-0.05, 0) is 37.1 Å². The van der Waals surface area contributed by atoms with Gasteiger partial charge in [0.2, 0.25) is 12.7 Å². The fourth-order valence-corrected chi connectivity index (χ4v) is 5.00. The molecule has 0 bridgehead atoms. The molecule has 1 amide bonds. The zero-order valence-electron chi connectivity index (χ0n) is 16.2. The predicted molar refractivity (Wildman–Crippen MR) is 103 cm³/mol. The van der Waals surface area contributed by atoms with Gasteiger partial charge in [-0.25, -0.2) is 4.98 Å². The Balaban J connectivity index is 1.29. The molecule has 28 heavy (non-hydrogen) atoms. The summed E-state index contributed by atoms with van der Waals surface area (Å²) in [5.41, 5.74) is 3.41. The number of nitrogens with zero attached hydrogens (tertiary/aromatic N) is 3. The minimum Gasteiger partial charge on any atom is -0.454 e. The number of H-pyrrole nitrogens is 1. The zero-order valence-corrected chi connectivity index (χ0v) is 16.2. The van der Waals surface area contributed by atoms with Gasteiger partial charge in [0.05, 0.1) is 24.0 Å². The molecule has 5 rings (SSSR count). The van der Waals surface area contributed by atoms with E-state index in [1.165, 1.54) is 11.4 Å². The number of piperidine rings is 1. The van der Waals surface area contributed by atoms with Gasteiger partial charge >= 0.3 is 0 Å². The molecule has 1 aromatic heterocycles. The third-order valence-corrected chi connectivity index (χ3v) is 6.51. The first kappa shape index (κ1) is 17.6. The standard InChI is InChI=1S/C21H26N4O3/c1-2-25-8-5-16-20(23-13-22-16)21(25)6-9-24(10-7-21)19(26)12-15-3-4-17-18(11-15)28-14-27-17/h3-4,11,13H,2,5-10,12,14H2,1H3,(H,22,23). The minimum atomic E-state index is -0.0299. The Morgan fingerprint density at radius 1 is 1.21 bits per heavy atom. The Labute approximate surface area is 164 Å². The maximum Gasteiger partial charge on any atom is 0.231 e. The summed E-state index contributed by atoms with van der Waals surface area (Å²) in [6.07, 6.45) is 5.12. The fraction of sp³-hybridized carbons (Fsp3) is 0.524. The molecule has 1 aromatic carbocycles. The summed E-state index contributed by atoms with van der Waals surface area (Å²) in [4.78, 5) is 25.5. The van der Waals surface area contributed by atoms with Crippen LogP contribution >= 0.6 is 0 Å². The molecule has 1 fully saturated rings. The average Bonchev–Trinajstić information content (AvgIpc) is 3.38. The summed E-state index contributed by atoms with van der Waals surface area (Å²) < 4.78 is 10.8. The number of hydrogen-bond acceptors (Lipinski definition) is 5. The highest BCUT2D eigenvalue weighted by molar-refractivity contribution is 5.79. The van der Waals surface area contributed by atoms with Crippen molar-refractivity contribution in [2.75, 3.05) is 33.0 Å². The lowest BCUT2D eigenvalue weighted by atomic mass is 9.78. The normalized spacial score (nSPS) is 20.4. The second kappa shape index (κ2) is 6.81. The van der Waals surface area contributed by atoms with Gasteiger partial charge in [0.15, 0.2) is 11.5 Å². The van der Waals surface area contributed by atoms with Crippen molar-refractivity contribution in [1.29, 1.82) is 0 Å². The summed E-state index contributed by atoms with van der Waals surface area (Å²) in [7, 11) is 0. The van der Waals surface area contributed by atoms with E-state index in [9.17, 15) is 4.79 Å². The number of aromatic amines is 1. The van der Waals surface area contributed by atoms with E-state index in [1.807, 2.05) is 29.4 Å². The average molecular weight is 382 g/mol. The number of carbonyl (C=O) groups is 1. The molecule has 0 aliphatic carbocycles. The first-order valence-corrected chi connectivity index (χ1v) is 10.1. The second-order valence-corrected chi connectivity index (χ2v) is 7.84. The van der Waals surface area contributed by atoms with Crippen molar-refractivity contribution in [1.82, 2.24) is 19.8 Å². The molecule has 1 saturated heterocycles. The van der Waals surface area contributed by atoms with Crippen molar-refractivity contribution in [3.63, 3.8) is 0 Å². The van der Waals surface area contributed by atoms with Crippen LogP contribution in [0.2, 0.25) is 0 Å². The lowest BCUT2D eigenvalue weighted by Gasteiger charge is -2.50. The van der Waals surface area contributed by atoms with E-state index < -0.39 is 0 Å². The first-order valence-electron chi connectivity index (χ1n) is 10.1. The molecular weight excluding hydrogens is 356 g/mol. The number of fused-ring (bicyclic) bond motifs is 3. The molecule has 1 spiro atoms. The van der Waals surface area contributed by atoms with Crippen LogP contribution in [0.4, 0.5) is 0 Å². The molecule has 1 N–H and O–H groups in total. The second-order valence-electron chi connectivity index (χ2n) is 7.84. The smallest absolute Gasteiger partial charge is 0.231 e. The van der Waals surface area contributed by atoms with Crippen molar-refractivity contribution < 1.29 is 14.3 Å². The van der Waals surface area contributed by atoms with Crippen LogP contribution in [0.1, 0.15) is 36.7 Å². The monoisotopic (exact) mass is 382 g/mol. The lowest BCUT2D eigenvalue weighted by Crippen LogP contribution is -2.57. The quantitative estimate of drug-likeness (QED) is 0.880. The van der Waals surface area contributed by atoms with Gasteiger partial charge < -0.3 is 19.4 Å².